The van der Waals surface area contributed by atoms with Gasteiger partial charge in [-0.25, -0.2) is 20.2 Å². The van der Waals surface area contributed by atoms with Crippen molar-refractivity contribution in [3.8, 4) is 5.13 Å². The lowest BCUT2D eigenvalue weighted by Crippen LogP contribution is -2.61. The summed E-state index contributed by atoms with van der Waals surface area (Å²) in [6.07, 6.45) is 4.35. The highest BCUT2D eigenvalue weighted by Gasteiger charge is 2.36. The predicted molar refractivity (Wildman–Crippen MR) is 120 cm³/mol. The Kier molecular flexibility index (Phi) is 4.87. The van der Waals surface area contributed by atoms with Crippen LogP contribution in [-0.2, 0) is 4.79 Å². The molecule has 3 aromatic heterocycles. The number of fused-ring (bicyclic) bond motifs is 1. The molecule has 33 heavy (non-hydrogen) atoms. The second-order valence-electron chi connectivity index (χ2n) is 8.03. The lowest BCUT2D eigenvalue weighted by atomic mass is 10.1. The van der Waals surface area contributed by atoms with E-state index in [-0.39, 0.29) is 23.0 Å². The van der Waals surface area contributed by atoms with Crippen LogP contribution < -0.4 is 21.5 Å². The van der Waals surface area contributed by atoms with E-state index in [0.717, 1.165) is 11.5 Å². The monoisotopic (exact) mass is 468 g/mol. The first-order chi connectivity index (χ1) is 15.7. The SMILES string of the molecule is Cc1cc(N2CC(N3C=C(C(N)=O)C(C)N3)C2)nc2c1c(=O)c(C(=O)O)cn2-c1ncns1. The maximum absolute atomic E-state index is 12.9. The summed E-state index contributed by atoms with van der Waals surface area (Å²) in [5.74, 6) is -1.11. The second-order valence-corrected chi connectivity index (χ2v) is 8.79. The molecule has 0 bridgehead atoms. The lowest BCUT2D eigenvalue weighted by Gasteiger charge is -2.44. The van der Waals surface area contributed by atoms with E-state index in [0.29, 0.717) is 40.8 Å². The van der Waals surface area contributed by atoms with Crippen molar-refractivity contribution in [2.24, 2.45) is 5.73 Å². The normalized spacial score (nSPS) is 18.5. The first-order valence-corrected chi connectivity index (χ1v) is 10.9. The zero-order valence-electron chi connectivity index (χ0n) is 17.7. The average Bonchev–Trinajstić information content (AvgIpc) is 3.36. The van der Waals surface area contributed by atoms with Crippen molar-refractivity contribution in [3.63, 3.8) is 0 Å². The highest BCUT2D eigenvalue weighted by Crippen LogP contribution is 2.28. The van der Waals surface area contributed by atoms with Gasteiger partial charge in [0.2, 0.25) is 16.5 Å². The maximum Gasteiger partial charge on any atom is 0.341 e. The summed E-state index contributed by atoms with van der Waals surface area (Å²) in [6.45, 7) is 4.90. The van der Waals surface area contributed by atoms with Gasteiger partial charge in [0, 0.05) is 37.0 Å². The number of nitrogens with two attached hydrogens (primary N) is 1. The van der Waals surface area contributed by atoms with E-state index in [1.54, 1.807) is 19.2 Å². The van der Waals surface area contributed by atoms with Crippen LogP contribution in [0.4, 0.5) is 5.82 Å². The summed E-state index contributed by atoms with van der Waals surface area (Å²) in [5.41, 5.74) is 9.19. The molecule has 1 saturated heterocycles. The van der Waals surface area contributed by atoms with Crippen molar-refractivity contribution >= 4 is 40.3 Å². The Balaban J connectivity index is 1.51. The van der Waals surface area contributed by atoms with Crippen LogP contribution in [0.3, 0.4) is 0 Å². The third kappa shape index (κ3) is 3.41. The Labute approximate surface area is 191 Å². The number of aryl methyl sites for hydroxylation is 1. The minimum Gasteiger partial charge on any atom is -0.477 e. The van der Waals surface area contributed by atoms with Crippen molar-refractivity contribution in [1.82, 2.24) is 29.3 Å². The van der Waals surface area contributed by atoms with E-state index in [9.17, 15) is 19.5 Å². The van der Waals surface area contributed by atoms with Gasteiger partial charge in [0.05, 0.1) is 23.0 Å². The summed E-state index contributed by atoms with van der Waals surface area (Å²) in [5, 5.41) is 12.0. The molecule has 170 valence electrons. The largest absolute Gasteiger partial charge is 0.477 e. The first-order valence-electron chi connectivity index (χ1n) is 10.1. The molecule has 0 spiro atoms. The number of hydrogen-bond acceptors (Lipinski definition) is 10. The molecule has 5 rings (SSSR count). The highest BCUT2D eigenvalue weighted by molar-refractivity contribution is 7.08. The van der Waals surface area contributed by atoms with Crippen molar-refractivity contribution in [3.05, 3.63) is 51.7 Å². The average molecular weight is 468 g/mol. The van der Waals surface area contributed by atoms with Crippen molar-refractivity contribution in [2.45, 2.75) is 25.9 Å². The van der Waals surface area contributed by atoms with Crippen LogP contribution in [0.15, 0.2) is 35.2 Å². The number of hydrogen-bond donors (Lipinski definition) is 3. The highest BCUT2D eigenvalue weighted by atomic mass is 32.1. The van der Waals surface area contributed by atoms with Gasteiger partial charge in [-0.1, -0.05) is 0 Å². The third-order valence-electron chi connectivity index (χ3n) is 5.88. The molecular formula is C20H20N8O4S. The second kappa shape index (κ2) is 7.64. The fourth-order valence-corrected chi connectivity index (χ4v) is 4.62. The van der Waals surface area contributed by atoms with Gasteiger partial charge in [-0.3, -0.25) is 14.2 Å². The molecule has 1 amide bonds. The van der Waals surface area contributed by atoms with Crippen molar-refractivity contribution in [1.29, 1.82) is 0 Å². The van der Waals surface area contributed by atoms with Gasteiger partial charge in [-0.2, -0.15) is 4.37 Å². The van der Waals surface area contributed by atoms with E-state index in [2.05, 4.69) is 14.8 Å². The Hall–Kier alpha value is -3.84. The number of aromatic nitrogens is 4. The topological polar surface area (TPSA) is 160 Å². The van der Waals surface area contributed by atoms with Gasteiger partial charge in [0.1, 0.15) is 17.7 Å². The molecule has 1 unspecified atom stereocenters. The number of amides is 1. The Morgan fingerprint density at radius 1 is 1.33 bits per heavy atom. The number of carbonyl (C=O) groups is 2. The van der Waals surface area contributed by atoms with Crippen LogP contribution in [0.2, 0.25) is 0 Å². The van der Waals surface area contributed by atoms with Crippen LogP contribution in [0.25, 0.3) is 16.2 Å². The third-order valence-corrected chi connectivity index (χ3v) is 6.54. The molecule has 0 aromatic carbocycles. The fourth-order valence-electron chi connectivity index (χ4n) is 4.11. The number of hydrazine groups is 1. The van der Waals surface area contributed by atoms with Crippen molar-refractivity contribution < 1.29 is 14.7 Å². The molecule has 2 aliphatic heterocycles. The number of aromatic carboxylic acids is 1. The molecule has 5 heterocycles. The summed E-state index contributed by atoms with van der Waals surface area (Å²) in [4.78, 5) is 47.0. The van der Waals surface area contributed by atoms with E-state index < -0.39 is 17.3 Å². The van der Waals surface area contributed by atoms with Crippen LogP contribution in [0, 0.1) is 6.92 Å². The first kappa shape index (κ1) is 21.0. The minimum absolute atomic E-state index is 0.113. The van der Waals surface area contributed by atoms with Crippen LogP contribution in [0.1, 0.15) is 22.8 Å². The van der Waals surface area contributed by atoms with Crippen LogP contribution in [-0.4, -0.2) is 66.1 Å². The number of anilines is 1. The molecule has 3 aromatic rings. The zero-order chi connectivity index (χ0) is 23.4. The predicted octanol–water partition coefficient (Wildman–Crippen LogP) is 0.0103. The molecule has 0 radical (unpaired) electrons. The van der Waals surface area contributed by atoms with Gasteiger partial charge in [0.25, 0.3) is 0 Å². The number of carboxylic acids is 1. The number of nitrogens with zero attached hydrogens (tertiary/aromatic N) is 6. The maximum atomic E-state index is 12.9. The Morgan fingerprint density at radius 2 is 2.09 bits per heavy atom. The molecule has 1 fully saturated rings. The molecule has 12 nitrogen and oxygen atoms in total. The number of carbonyl (C=O) groups excluding carboxylic acids is 1. The molecule has 0 saturated carbocycles. The Bertz CT molecular complexity index is 1380. The molecule has 1 atom stereocenters. The molecule has 13 heteroatoms. The standard InChI is InChI=1S/C20H20N8O4S/c1-9-3-14(26-4-11(5-26)28-7-12(17(21)30)10(2)25-28)24-18-15(9)16(29)13(19(31)32)6-27(18)20-22-8-23-33-20/h3,6-8,10-11,25H,4-5H2,1-2H3,(H2,21,30)(H,31,32). The zero-order valence-corrected chi connectivity index (χ0v) is 18.5. The molecule has 0 aliphatic carbocycles. The number of nitrogens with one attached hydrogen (secondary N) is 1. The lowest BCUT2D eigenvalue weighted by molar-refractivity contribution is -0.114. The summed E-state index contributed by atoms with van der Waals surface area (Å²) in [6, 6.07) is 1.74. The van der Waals surface area contributed by atoms with Gasteiger partial charge >= 0.3 is 5.97 Å². The number of primary amides is 1. The van der Waals surface area contributed by atoms with E-state index in [4.69, 9.17) is 10.7 Å². The van der Waals surface area contributed by atoms with E-state index >= 15 is 0 Å². The van der Waals surface area contributed by atoms with Gasteiger partial charge < -0.3 is 20.7 Å². The van der Waals surface area contributed by atoms with Gasteiger partial charge in [-0.15, -0.1) is 0 Å². The van der Waals surface area contributed by atoms with E-state index in [1.807, 2.05) is 16.8 Å². The van der Waals surface area contributed by atoms with E-state index in [1.165, 1.54) is 17.1 Å². The Morgan fingerprint density at radius 3 is 2.70 bits per heavy atom. The quantitative estimate of drug-likeness (QED) is 0.465. The smallest absolute Gasteiger partial charge is 0.341 e. The van der Waals surface area contributed by atoms with Gasteiger partial charge in [0.15, 0.2) is 5.65 Å². The van der Waals surface area contributed by atoms with Crippen molar-refractivity contribution in [2.75, 3.05) is 18.0 Å². The number of pyridine rings is 2. The molecule has 4 N–H and O–H groups in total. The van der Waals surface area contributed by atoms with Crippen LogP contribution >= 0.6 is 11.5 Å². The van der Waals surface area contributed by atoms with Crippen LogP contribution in [0.5, 0.6) is 0 Å². The molecular weight excluding hydrogens is 448 g/mol. The summed E-state index contributed by atoms with van der Waals surface area (Å²) >= 11 is 1.07. The van der Waals surface area contributed by atoms with Gasteiger partial charge in [-0.05, 0) is 25.5 Å². The number of rotatable bonds is 5. The fraction of sp³-hybridized carbons (Fsp3) is 0.300. The molecule has 2 aliphatic rings. The minimum atomic E-state index is -1.31. The summed E-state index contributed by atoms with van der Waals surface area (Å²) in [7, 11) is 0. The summed E-state index contributed by atoms with van der Waals surface area (Å²) < 4.78 is 5.48. The number of carboxylic acid groups (broad SMARTS) is 1.